The van der Waals surface area contributed by atoms with E-state index in [-0.39, 0.29) is 34.9 Å². The highest BCUT2D eigenvalue weighted by molar-refractivity contribution is 8.10. The molecule has 0 aromatic rings. The van der Waals surface area contributed by atoms with Crippen molar-refractivity contribution in [2.75, 3.05) is 39.8 Å². The molecule has 5 atom stereocenters. The molecule has 2 saturated heterocycles. The average molecular weight is 750 g/mol. The number of nitrogens with one attached hydrogen (secondary N) is 2. The van der Waals surface area contributed by atoms with Gasteiger partial charge in [0.2, 0.25) is 19.2 Å². The fraction of sp³-hybridized carbons (Fsp3) is 0.821. The summed E-state index contributed by atoms with van der Waals surface area (Å²) in [5.74, 6) is 4.79. The lowest BCUT2D eigenvalue weighted by molar-refractivity contribution is -0.123. The Morgan fingerprint density at radius 2 is 1.51 bits per heavy atom. The van der Waals surface area contributed by atoms with Crippen LogP contribution in [0.5, 0.6) is 0 Å². The van der Waals surface area contributed by atoms with Crippen molar-refractivity contribution in [1.82, 2.24) is 24.1 Å². The van der Waals surface area contributed by atoms with Crippen molar-refractivity contribution in [2.45, 2.75) is 160 Å². The van der Waals surface area contributed by atoms with Crippen LogP contribution in [0.3, 0.4) is 0 Å². The van der Waals surface area contributed by atoms with Crippen LogP contribution in [0.4, 0.5) is 0 Å². The maximum atomic E-state index is 10.1. The summed E-state index contributed by atoms with van der Waals surface area (Å²) in [6.07, 6.45) is 14.1. The summed E-state index contributed by atoms with van der Waals surface area (Å²) >= 11 is 0. The molecule has 0 radical (unpaired) electrons. The maximum absolute atomic E-state index is 10.1. The maximum Gasteiger partial charge on any atom is 0.290 e. The van der Waals surface area contributed by atoms with Crippen molar-refractivity contribution < 1.29 is 29.0 Å². The molecule has 0 spiro atoms. The van der Waals surface area contributed by atoms with E-state index < -0.39 is 0 Å². The molecule has 4 unspecified atom stereocenters. The van der Waals surface area contributed by atoms with E-state index in [9.17, 15) is 14.4 Å². The second-order valence-corrected chi connectivity index (χ2v) is 15.0. The number of hydrogen-bond acceptors (Lipinski definition) is 7. The lowest BCUT2D eigenvalue weighted by Gasteiger charge is -2.43. The van der Waals surface area contributed by atoms with Crippen LogP contribution in [-0.2, 0) is 23.9 Å². The third kappa shape index (κ3) is 34.6. The standard InChI is InChI=1S/C14H30N2OS.C10H19NO.C6H11NO.C3H7NO.C3H8.C2H6.CH2O2/c1-12(2)16-10-8-9-15(18(16)7)11-13(17-6)14(3,4)5;1-4-5-6-7-9(2)10(3)11-8-12;1-6-3-2-4-7(6)5-8;1-2-4-3-5;1-3-2;1-2;2-1-3/h12-13H,7-11H2,1-6H3;6-10H,4-5H2,1-3H3,(H,11,12);5-6H,2-4H2,1H3;3H,2H2,1H3,(H,4,5);3H2,1-2H3;1-2H3;1H,(H,2,3)/b;7-6-;;;;;/t;;6-;;;;/m..1..../s1. The quantitative estimate of drug-likeness (QED) is 0.0996. The molecular weight excluding hydrogens is 667 g/mol. The Kier molecular flexibility index (Phi) is 46.1. The van der Waals surface area contributed by atoms with Crippen molar-refractivity contribution in [3.05, 3.63) is 12.2 Å². The zero-order valence-electron chi connectivity index (χ0n) is 35.6. The number of amides is 3. The van der Waals surface area contributed by atoms with Crippen LogP contribution in [0.25, 0.3) is 0 Å². The third-order valence-electron chi connectivity index (χ3n) is 7.59. The SMILES string of the molecule is C=S1N(CC(OC)C(C)(C)C)CCCN1C(C)C.CC.CCC.CCC/C=C\C(C)C(C)NC=O.CCNC=O.C[C@@H]1CCCN1C=O.O=CO. The summed E-state index contributed by atoms with van der Waals surface area (Å²) in [6, 6.07) is 1.30. The summed E-state index contributed by atoms with van der Waals surface area (Å²) in [5.41, 5.74) is 0.180. The molecule has 0 aliphatic carbocycles. The summed E-state index contributed by atoms with van der Waals surface area (Å²) in [4.78, 5) is 39.8. The minimum Gasteiger partial charge on any atom is -0.483 e. The Balaban J connectivity index is -0.000000185. The fourth-order valence-corrected chi connectivity index (χ4v) is 6.20. The van der Waals surface area contributed by atoms with Gasteiger partial charge in [-0.05, 0) is 77.5 Å². The second kappa shape index (κ2) is 40.5. The topological polar surface area (TPSA) is 132 Å². The first-order valence-corrected chi connectivity index (χ1v) is 20.3. The lowest BCUT2D eigenvalue weighted by atomic mass is 9.89. The molecule has 2 aliphatic rings. The third-order valence-corrected chi connectivity index (χ3v) is 9.67. The van der Waals surface area contributed by atoms with Gasteiger partial charge in [-0.1, -0.05) is 98.2 Å². The summed E-state index contributed by atoms with van der Waals surface area (Å²) in [7, 11) is 1.80. The number of ether oxygens (including phenoxy) is 1. The van der Waals surface area contributed by atoms with E-state index >= 15 is 0 Å². The molecule has 0 saturated carbocycles. The molecule has 2 fully saturated rings. The Labute approximate surface area is 317 Å². The predicted octanol–water partition coefficient (Wildman–Crippen LogP) is 7.63. The number of nitrogens with zero attached hydrogens (tertiary/aromatic N) is 3. The number of carboxylic acid groups (broad SMARTS) is 1. The zero-order valence-corrected chi connectivity index (χ0v) is 36.4. The smallest absolute Gasteiger partial charge is 0.290 e. The van der Waals surface area contributed by atoms with Crippen LogP contribution < -0.4 is 10.6 Å². The van der Waals surface area contributed by atoms with Gasteiger partial charge >= 0.3 is 0 Å². The number of allylic oxidation sites excluding steroid dienone is 1. The molecule has 3 amide bonds. The van der Waals surface area contributed by atoms with Crippen molar-refractivity contribution in [1.29, 1.82) is 0 Å². The fourth-order valence-electron chi connectivity index (χ4n) is 4.43. The Bertz CT molecular complexity index is 841. The van der Waals surface area contributed by atoms with Gasteiger partial charge in [-0.3, -0.25) is 19.2 Å². The number of unbranched alkanes of at least 4 members (excludes halogenated alkanes) is 1. The van der Waals surface area contributed by atoms with E-state index in [1.807, 2.05) is 39.7 Å². The van der Waals surface area contributed by atoms with E-state index in [2.05, 4.69) is 107 Å². The van der Waals surface area contributed by atoms with Gasteiger partial charge in [-0.15, -0.1) is 0 Å². The average Bonchev–Trinajstić information content (AvgIpc) is 3.51. The van der Waals surface area contributed by atoms with Gasteiger partial charge in [-0.25, -0.2) is 8.61 Å². The summed E-state index contributed by atoms with van der Waals surface area (Å²) in [5, 5.41) is 12.1. The molecule has 11 nitrogen and oxygen atoms in total. The number of rotatable bonds is 13. The van der Waals surface area contributed by atoms with E-state index in [4.69, 9.17) is 14.6 Å². The van der Waals surface area contributed by atoms with Crippen LogP contribution in [-0.4, -0.2) is 114 Å². The first-order valence-electron chi connectivity index (χ1n) is 19.0. The van der Waals surface area contributed by atoms with Crippen molar-refractivity contribution in [3.8, 4) is 0 Å². The lowest BCUT2D eigenvalue weighted by Crippen LogP contribution is -2.45. The van der Waals surface area contributed by atoms with Gasteiger partial charge in [-0.2, -0.15) is 0 Å². The molecule has 12 heteroatoms. The molecule has 306 valence electrons. The Hall–Kier alpha value is -2.28. The molecule has 51 heavy (non-hydrogen) atoms. The Morgan fingerprint density at radius 3 is 1.82 bits per heavy atom. The number of carbonyl (C=O) groups excluding carboxylic acids is 3. The molecule has 2 aliphatic heterocycles. The van der Waals surface area contributed by atoms with Crippen molar-refractivity contribution in [2.24, 2.45) is 11.3 Å². The first-order chi connectivity index (χ1) is 24.1. The highest BCUT2D eigenvalue weighted by atomic mass is 32.2. The number of carbonyl (C=O) groups is 4. The van der Waals surface area contributed by atoms with Gasteiger partial charge in [0, 0.05) is 58.0 Å². The van der Waals surface area contributed by atoms with Crippen LogP contribution >= 0.6 is 10.9 Å². The number of methoxy groups -OCH3 is 1. The molecule has 0 bridgehead atoms. The van der Waals surface area contributed by atoms with Gasteiger partial charge < -0.3 is 25.4 Å². The van der Waals surface area contributed by atoms with Gasteiger partial charge in [0.15, 0.2) is 0 Å². The number of likely N-dealkylation sites (tertiary alicyclic amines) is 1. The zero-order chi connectivity index (χ0) is 40.8. The van der Waals surface area contributed by atoms with E-state index in [1.165, 1.54) is 38.6 Å². The van der Waals surface area contributed by atoms with Crippen LogP contribution in [0, 0.1) is 11.3 Å². The number of hydrogen-bond donors (Lipinski definition) is 3. The molecular formula is C39H83N5O6S. The van der Waals surface area contributed by atoms with Crippen LogP contribution in [0.2, 0.25) is 0 Å². The van der Waals surface area contributed by atoms with Crippen molar-refractivity contribution >= 4 is 42.4 Å². The first kappa shape index (κ1) is 58.0. The summed E-state index contributed by atoms with van der Waals surface area (Å²) < 4.78 is 10.7. The molecule has 2 heterocycles. The van der Waals surface area contributed by atoms with Crippen molar-refractivity contribution in [3.63, 3.8) is 0 Å². The largest absolute Gasteiger partial charge is 0.483 e. The second-order valence-electron chi connectivity index (χ2n) is 13.4. The monoisotopic (exact) mass is 750 g/mol. The predicted molar refractivity (Wildman–Crippen MR) is 222 cm³/mol. The minimum atomic E-state index is -0.250. The van der Waals surface area contributed by atoms with Crippen LogP contribution in [0.1, 0.15) is 135 Å². The normalized spacial score (nSPS) is 18.6. The Morgan fingerprint density at radius 1 is 0.961 bits per heavy atom. The highest BCUT2D eigenvalue weighted by Crippen LogP contribution is 2.33. The minimum absolute atomic E-state index is 0.0162. The summed E-state index contributed by atoms with van der Waals surface area (Å²) in [6.45, 7) is 34.5. The van der Waals surface area contributed by atoms with Gasteiger partial charge in [0.1, 0.15) is 0 Å². The molecule has 2 rings (SSSR count). The van der Waals surface area contributed by atoms with E-state index in [0.29, 0.717) is 24.4 Å². The molecule has 0 aromatic carbocycles. The van der Waals surface area contributed by atoms with Gasteiger partial charge in [0.25, 0.3) is 6.47 Å². The van der Waals surface area contributed by atoms with Crippen LogP contribution in [0.15, 0.2) is 12.2 Å². The highest BCUT2D eigenvalue weighted by Gasteiger charge is 2.30. The molecule has 0 aromatic heterocycles. The van der Waals surface area contributed by atoms with E-state index in [0.717, 1.165) is 45.4 Å². The molecule has 3 N–H and O–H groups in total. The van der Waals surface area contributed by atoms with E-state index in [1.54, 1.807) is 0 Å². The van der Waals surface area contributed by atoms with Gasteiger partial charge in [0.05, 0.1) is 6.10 Å².